The van der Waals surface area contributed by atoms with Crippen molar-refractivity contribution in [2.75, 3.05) is 32.0 Å². The number of carbonyl (C=O) groups excluding carboxylic acids is 3. The van der Waals surface area contributed by atoms with Gasteiger partial charge in [-0.25, -0.2) is 0 Å². The number of ether oxygens (including phenoxy) is 3. The molecule has 44 heavy (non-hydrogen) atoms. The van der Waals surface area contributed by atoms with Crippen LogP contribution in [0, 0.1) is 0 Å². The van der Waals surface area contributed by atoms with E-state index < -0.39 is 11.8 Å². The molecule has 0 aliphatic carbocycles. The van der Waals surface area contributed by atoms with Crippen molar-refractivity contribution in [2.24, 2.45) is 0 Å². The summed E-state index contributed by atoms with van der Waals surface area (Å²) in [5.41, 5.74) is 2.18. The Morgan fingerprint density at radius 1 is 0.727 bits per heavy atom. The Balaban J connectivity index is 1.46. The summed E-state index contributed by atoms with van der Waals surface area (Å²) in [5, 5.41) is 8.08. The van der Waals surface area contributed by atoms with E-state index in [1.165, 1.54) is 18.9 Å². The molecule has 0 aliphatic rings. The van der Waals surface area contributed by atoms with Gasteiger partial charge in [0.1, 0.15) is 22.9 Å². The van der Waals surface area contributed by atoms with Gasteiger partial charge in [0, 0.05) is 33.5 Å². The highest BCUT2D eigenvalue weighted by Gasteiger charge is 2.18. The summed E-state index contributed by atoms with van der Waals surface area (Å²) in [4.78, 5) is 40.0. The second kappa shape index (κ2) is 15.3. The van der Waals surface area contributed by atoms with Crippen LogP contribution in [0.1, 0.15) is 22.8 Å². The average Bonchev–Trinajstić information content (AvgIpc) is 3.06. The third-order valence-electron chi connectivity index (χ3n) is 6.42. The van der Waals surface area contributed by atoms with Gasteiger partial charge in [-0.15, -0.1) is 11.8 Å². The van der Waals surface area contributed by atoms with Gasteiger partial charge in [0.2, 0.25) is 5.91 Å². The van der Waals surface area contributed by atoms with Crippen LogP contribution in [0.5, 0.6) is 17.2 Å². The smallest absolute Gasteiger partial charge is 0.272 e. The van der Waals surface area contributed by atoms with E-state index in [4.69, 9.17) is 14.2 Å². The highest BCUT2D eigenvalue weighted by molar-refractivity contribution is 8.00. The van der Waals surface area contributed by atoms with Gasteiger partial charge in [-0.2, -0.15) is 0 Å². The third kappa shape index (κ3) is 8.65. The molecule has 4 rings (SSSR count). The van der Waals surface area contributed by atoms with E-state index in [9.17, 15) is 14.4 Å². The van der Waals surface area contributed by atoms with Gasteiger partial charge in [-0.1, -0.05) is 18.2 Å². The zero-order chi connectivity index (χ0) is 31.5. The van der Waals surface area contributed by atoms with E-state index in [-0.39, 0.29) is 16.9 Å². The molecule has 3 N–H and O–H groups in total. The molecule has 9 nitrogen and oxygen atoms in total. The SMILES string of the molecule is COc1ccc(NC(=O)C(C)Sc2ccc(NC(=O)/C(=C/c3ccc(OC)cc3OC)NC(=O)c3ccccc3)cc2)cc1. The molecule has 4 aromatic rings. The Morgan fingerprint density at radius 2 is 1.34 bits per heavy atom. The zero-order valence-electron chi connectivity index (χ0n) is 24.8. The molecule has 0 saturated carbocycles. The van der Waals surface area contributed by atoms with Crippen molar-refractivity contribution < 1.29 is 28.6 Å². The molecule has 0 saturated heterocycles. The van der Waals surface area contributed by atoms with Gasteiger partial charge >= 0.3 is 0 Å². The summed E-state index contributed by atoms with van der Waals surface area (Å²) < 4.78 is 15.9. The van der Waals surface area contributed by atoms with Crippen LogP contribution in [-0.4, -0.2) is 44.3 Å². The highest BCUT2D eigenvalue weighted by Crippen LogP contribution is 2.28. The van der Waals surface area contributed by atoms with E-state index >= 15 is 0 Å². The van der Waals surface area contributed by atoms with E-state index in [0.29, 0.717) is 39.8 Å². The first-order chi connectivity index (χ1) is 21.3. The summed E-state index contributed by atoms with van der Waals surface area (Å²) >= 11 is 1.39. The van der Waals surface area contributed by atoms with Crippen molar-refractivity contribution >= 4 is 46.9 Å². The van der Waals surface area contributed by atoms with Gasteiger partial charge in [-0.05, 0) is 85.8 Å². The second-order valence-electron chi connectivity index (χ2n) is 9.44. The van der Waals surface area contributed by atoms with Gasteiger partial charge in [0.15, 0.2) is 0 Å². The Morgan fingerprint density at radius 3 is 1.98 bits per heavy atom. The standard InChI is InChI=1S/C34H33N3O6S/c1-22(32(38)35-25-11-16-27(41-2)17-12-25)44-29-18-13-26(14-19-29)36-34(40)30(37-33(39)23-8-6-5-7-9-23)20-24-10-15-28(42-3)21-31(24)43-4/h5-22H,1-4H3,(H,35,38)(H,36,40)(H,37,39)/b30-20-. The van der Waals surface area contributed by atoms with Crippen molar-refractivity contribution in [2.45, 2.75) is 17.1 Å². The van der Waals surface area contributed by atoms with Gasteiger partial charge < -0.3 is 30.2 Å². The molecule has 0 aliphatic heterocycles. The Kier molecular flexibility index (Phi) is 11.0. The number of hydrogen-bond donors (Lipinski definition) is 3. The molecule has 4 aromatic carbocycles. The first-order valence-corrected chi connectivity index (χ1v) is 14.5. The maximum atomic E-state index is 13.4. The van der Waals surface area contributed by atoms with Crippen LogP contribution in [-0.2, 0) is 9.59 Å². The monoisotopic (exact) mass is 611 g/mol. The lowest BCUT2D eigenvalue weighted by Crippen LogP contribution is -2.30. The zero-order valence-corrected chi connectivity index (χ0v) is 25.6. The van der Waals surface area contributed by atoms with Crippen LogP contribution < -0.4 is 30.2 Å². The van der Waals surface area contributed by atoms with E-state index in [2.05, 4.69) is 16.0 Å². The predicted molar refractivity (Wildman–Crippen MR) is 173 cm³/mol. The normalized spacial score (nSPS) is 11.6. The van der Waals surface area contributed by atoms with Crippen LogP contribution >= 0.6 is 11.8 Å². The maximum Gasteiger partial charge on any atom is 0.272 e. The number of anilines is 2. The molecule has 1 atom stereocenters. The first-order valence-electron chi connectivity index (χ1n) is 13.6. The van der Waals surface area contributed by atoms with Gasteiger partial charge in [0.25, 0.3) is 11.8 Å². The molecule has 0 radical (unpaired) electrons. The molecule has 0 fully saturated rings. The number of benzene rings is 4. The second-order valence-corrected chi connectivity index (χ2v) is 10.9. The summed E-state index contributed by atoms with van der Waals surface area (Å²) in [6.07, 6.45) is 1.54. The lowest BCUT2D eigenvalue weighted by molar-refractivity contribution is -0.115. The summed E-state index contributed by atoms with van der Waals surface area (Å²) in [6.45, 7) is 1.82. The minimum Gasteiger partial charge on any atom is -0.497 e. The fourth-order valence-electron chi connectivity index (χ4n) is 4.03. The van der Waals surface area contributed by atoms with Crippen LogP contribution in [0.2, 0.25) is 0 Å². The average molecular weight is 612 g/mol. The fourth-order valence-corrected chi connectivity index (χ4v) is 4.89. The van der Waals surface area contributed by atoms with Gasteiger partial charge in [0.05, 0.1) is 26.6 Å². The van der Waals surface area contributed by atoms with Crippen molar-refractivity contribution in [1.29, 1.82) is 0 Å². The lowest BCUT2D eigenvalue weighted by Gasteiger charge is -2.14. The van der Waals surface area contributed by atoms with Crippen LogP contribution in [0.4, 0.5) is 11.4 Å². The molecule has 0 aromatic heterocycles. The number of methoxy groups -OCH3 is 3. The molecular weight excluding hydrogens is 578 g/mol. The predicted octanol–water partition coefficient (Wildman–Crippen LogP) is 6.24. The Labute approximate surface area is 260 Å². The van der Waals surface area contributed by atoms with Crippen molar-refractivity contribution in [1.82, 2.24) is 5.32 Å². The number of amides is 3. The molecule has 1 unspecified atom stereocenters. The lowest BCUT2D eigenvalue weighted by atomic mass is 10.1. The molecule has 0 spiro atoms. The van der Waals surface area contributed by atoms with Crippen LogP contribution in [0.25, 0.3) is 6.08 Å². The largest absolute Gasteiger partial charge is 0.497 e. The Hall–Kier alpha value is -5.22. The van der Waals surface area contributed by atoms with E-state index in [1.54, 1.807) is 105 Å². The maximum absolute atomic E-state index is 13.4. The summed E-state index contributed by atoms with van der Waals surface area (Å²) in [5.74, 6) is 0.654. The number of carbonyl (C=O) groups is 3. The molecule has 10 heteroatoms. The number of hydrogen-bond acceptors (Lipinski definition) is 7. The molecular formula is C34H33N3O6S. The molecule has 226 valence electrons. The summed E-state index contributed by atoms with van der Waals surface area (Å²) in [7, 11) is 4.64. The quantitative estimate of drug-likeness (QED) is 0.128. The number of nitrogens with one attached hydrogen (secondary N) is 3. The number of thioether (sulfide) groups is 1. The van der Waals surface area contributed by atoms with Gasteiger partial charge in [-0.3, -0.25) is 14.4 Å². The van der Waals surface area contributed by atoms with E-state index in [0.717, 1.165) is 4.90 Å². The van der Waals surface area contributed by atoms with Crippen LogP contribution in [0.3, 0.4) is 0 Å². The molecule has 3 amide bonds. The first kappa shape index (κ1) is 31.7. The Bertz CT molecular complexity index is 1620. The summed E-state index contributed by atoms with van der Waals surface area (Å²) in [6, 6.07) is 28.0. The van der Waals surface area contributed by atoms with Crippen molar-refractivity contribution in [3.8, 4) is 17.2 Å². The third-order valence-corrected chi connectivity index (χ3v) is 7.53. The number of rotatable bonds is 12. The van der Waals surface area contributed by atoms with Crippen LogP contribution in [0.15, 0.2) is 108 Å². The topological polar surface area (TPSA) is 115 Å². The molecule has 0 bridgehead atoms. The van der Waals surface area contributed by atoms with Crippen molar-refractivity contribution in [3.63, 3.8) is 0 Å². The van der Waals surface area contributed by atoms with E-state index in [1.807, 2.05) is 19.1 Å². The highest BCUT2D eigenvalue weighted by atomic mass is 32.2. The molecule has 0 heterocycles. The van der Waals surface area contributed by atoms with Crippen molar-refractivity contribution in [3.05, 3.63) is 114 Å². The minimum absolute atomic E-state index is 0.0181. The minimum atomic E-state index is -0.528. The fraction of sp³-hybridized carbons (Fsp3) is 0.147.